The highest BCUT2D eigenvalue weighted by atomic mass is 16.2. The Morgan fingerprint density at radius 2 is 1.94 bits per heavy atom. The number of hydrogen-bond acceptors (Lipinski definition) is 3. The van der Waals surface area contributed by atoms with Crippen LogP contribution in [0.3, 0.4) is 0 Å². The number of primary amides is 1. The molecule has 96 valence electrons. The third kappa shape index (κ3) is 3.19. The maximum Gasteiger partial charge on any atom is 0.227 e. The van der Waals surface area contributed by atoms with Crippen LogP contribution in [0.15, 0.2) is 0 Å². The Morgan fingerprint density at radius 3 is 2.47 bits per heavy atom. The van der Waals surface area contributed by atoms with Crippen LogP contribution in [0.2, 0.25) is 0 Å². The summed E-state index contributed by atoms with van der Waals surface area (Å²) < 4.78 is 0. The lowest BCUT2D eigenvalue weighted by Crippen LogP contribution is -2.42. The Morgan fingerprint density at radius 1 is 1.24 bits per heavy atom. The lowest BCUT2D eigenvalue weighted by atomic mass is 9.92. The molecule has 0 aliphatic carbocycles. The molecule has 2 amide bonds. The Labute approximate surface area is 102 Å². The highest BCUT2D eigenvalue weighted by molar-refractivity contribution is 5.79. The number of carbonyl (C=O) groups is 2. The zero-order valence-corrected chi connectivity index (χ0v) is 10.2. The summed E-state index contributed by atoms with van der Waals surface area (Å²) in [5, 5.41) is 3.22. The fourth-order valence-corrected chi connectivity index (χ4v) is 2.77. The van der Waals surface area contributed by atoms with E-state index < -0.39 is 0 Å². The molecule has 2 heterocycles. The van der Waals surface area contributed by atoms with Gasteiger partial charge in [-0.2, -0.15) is 0 Å². The van der Waals surface area contributed by atoms with E-state index in [9.17, 15) is 9.59 Å². The van der Waals surface area contributed by atoms with E-state index in [1.165, 1.54) is 0 Å². The maximum absolute atomic E-state index is 12.1. The lowest BCUT2D eigenvalue weighted by Gasteiger charge is -2.33. The van der Waals surface area contributed by atoms with Crippen molar-refractivity contribution in [1.82, 2.24) is 10.2 Å². The summed E-state index contributed by atoms with van der Waals surface area (Å²) in [6.07, 6.45) is 3.25. The predicted octanol–water partition coefficient (Wildman–Crippen LogP) is -0.290. The van der Waals surface area contributed by atoms with E-state index in [4.69, 9.17) is 5.73 Å². The second-order valence-electron chi connectivity index (χ2n) is 5.13. The minimum Gasteiger partial charge on any atom is -0.370 e. The molecule has 0 saturated carbocycles. The molecule has 0 aromatic heterocycles. The first-order chi connectivity index (χ1) is 8.16. The van der Waals surface area contributed by atoms with E-state index in [0.29, 0.717) is 12.3 Å². The summed E-state index contributed by atoms with van der Waals surface area (Å²) >= 11 is 0. The van der Waals surface area contributed by atoms with Gasteiger partial charge in [-0.1, -0.05) is 0 Å². The van der Waals surface area contributed by atoms with E-state index in [2.05, 4.69) is 5.32 Å². The molecule has 2 aliphatic heterocycles. The van der Waals surface area contributed by atoms with Crippen LogP contribution in [0.4, 0.5) is 0 Å². The Kier molecular flexibility index (Phi) is 3.99. The number of likely N-dealkylation sites (tertiary alicyclic amines) is 1. The second kappa shape index (κ2) is 5.49. The maximum atomic E-state index is 12.1. The second-order valence-corrected chi connectivity index (χ2v) is 5.13. The quantitative estimate of drug-likeness (QED) is 0.710. The van der Waals surface area contributed by atoms with Crippen LogP contribution >= 0.6 is 0 Å². The van der Waals surface area contributed by atoms with Gasteiger partial charge >= 0.3 is 0 Å². The molecule has 17 heavy (non-hydrogen) atoms. The van der Waals surface area contributed by atoms with Gasteiger partial charge < -0.3 is 16.0 Å². The van der Waals surface area contributed by atoms with Gasteiger partial charge in [0.15, 0.2) is 0 Å². The van der Waals surface area contributed by atoms with E-state index in [-0.39, 0.29) is 17.7 Å². The Bertz CT molecular complexity index is 292. The van der Waals surface area contributed by atoms with Gasteiger partial charge in [-0.15, -0.1) is 0 Å². The first kappa shape index (κ1) is 12.4. The average molecular weight is 239 g/mol. The van der Waals surface area contributed by atoms with Crippen LogP contribution in [0.5, 0.6) is 0 Å². The van der Waals surface area contributed by atoms with E-state index in [1.54, 1.807) is 0 Å². The SMILES string of the molecule is NC(=O)CC1CCN(C(=O)C2CCNC2)CC1. The van der Waals surface area contributed by atoms with Crippen LogP contribution in [0.25, 0.3) is 0 Å². The fourth-order valence-electron chi connectivity index (χ4n) is 2.77. The first-order valence-electron chi connectivity index (χ1n) is 6.44. The standard InChI is InChI=1S/C12H21N3O2/c13-11(16)7-9-2-5-15(6-3-9)12(17)10-1-4-14-8-10/h9-10,14H,1-8H2,(H2,13,16). The monoisotopic (exact) mass is 239 g/mol. The van der Waals surface area contributed by atoms with Crippen molar-refractivity contribution in [3.05, 3.63) is 0 Å². The van der Waals surface area contributed by atoms with Gasteiger partial charge in [0.25, 0.3) is 0 Å². The molecule has 0 bridgehead atoms. The molecule has 5 nitrogen and oxygen atoms in total. The van der Waals surface area contributed by atoms with Crippen molar-refractivity contribution < 1.29 is 9.59 Å². The third-order valence-corrected chi connectivity index (χ3v) is 3.83. The van der Waals surface area contributed by atoms with Gasteiger partial charge in [0.05, 0.1) is 5.92 Å². The summed E-state index contributed by atoms with van der Waals surface area (Å²) in [5.74, 6) is 0.600. The summed E-state index contributed by atoms with van der Waals surface area (Å²) in [7, 11) is 0. The molecular formula is C12H21N3O2. The van der Waals surface area contributed by atoms with Crippen LogP contribution < -0.4 is 11.1 Å². The van der Waals surface area contributed by atoms with Crippen LogP contribution in [0, 0.1) is 11.8 Å². The first-order valence-corrected chi connectivity index (χ1v) is 6.44. The molecule has 3 N–H and O–H groups in total. The average Bonchev–Trinajstić information content (AvgIpc) is 2.82. The molecule has 5 heteroatoms. The van der Waals surface area contributed by atoms with Gasteiger partial charge in [-0.25, -0.2) is 0 Å². The molecular weight excluding hydrogens is 218 g/mol. The number of carbonyl (C=O) groups excluding carboxylic acids is 2. The number of piperidine rings is 1. The van der Waals surface area contributed by atoms with Crippen molar-refractivity contribution in [2.45, 2.75) is 25.7 Å². The molecule has 0 aromatic carbocycles. The van der Waals surface area contributed by atoms with E-state index in [0.717, 1.165) is 45.4 Å². The van der Waals surface area contributed by atoms with Gasteiger partial charge in [-0.05, 0) is 31.7 Å². The zero-order chi connectivity index (χ0) is 12.3. The summed E-state index contributed by atoms with van der Waals surface area (Å²) in [5.41, 5.74) is 5.19. The van der Waals surface area contributed by atoms with Crippen molar-refractivity contribution >= 4 is 11.8 Å². The topological polar surface area (TPSA) is 75.4 Å². The zero-order valence-electron chi connectivity index (χ0n) is 10.2. The van der Waals surface area contributed by atoms with E-state index in [1.807, 2.05) is 4.90 Å². The summed E-state index contributed by atoms with van der Waals surface area (Å²) in [6, 6.07) is 0. The lowest BCUT2D eigenvalue weighted by molar-refractivity contribution is -0.136. The van der Waals surface area contributed by atoms with Crippen molar-refractivity contribution in [3.8, 4) is 0 Å². The summed E-state index contributed by atoms with van der Waals surface area (Å²) in [6.45, 7) is 3.34. The van der Waals surface area contributed by atoms with Crippen LogP contribution in [0.1, 0.15) is 25.7 Å². The van der Waals surface area contributed by atoms with Crippen LogP contribution in [-0.2, 0) is 9.59 Å². The molecule has 2 rings (SSSR count). The molecule has 0 radical (unpaired) electrons. The Hall–Kier alpha value is -1.10. The number of amides is 2. The van der Waals surface area contributed by atoms with Gasteiger partial charge in [0.2, 0.25) is 11.8 Å². The van der Waals surface area contributed by atoms with Crippen LogP contribution in [-0.4, -0.2) is 42.9 Å². The van der Waals surface area contributed by atoms with E-state index >= 15 is 0 Å². The number of hydrogen-bond donors (Lipinski definition) is 2. The molecule has 0 aromatic rings. The molecule has 0 spiro atoms. The minimum atomic E-state index is -0.227. The summed E-state index contributed by atoms with van der Waals surface area (Å²) in [4.78, 5) is 24.9. The Balaban J connectivity index is 1.78. The molecule has 1 atom stereocenters. The predicted molar refractivity (Wildman–Crippen MR) is 64.1 cm³/mol. The molecule has 2 aliphatic rings. The highest BCUT2D eigenvalue weighted by Crippen LogP contribution is 2.22. The van der Waals surface area contributed by atoms with Gasteiger partial charge in [0, 0.05) is 26.1 Å². The number of rotatable bonds is 3. The number of nitrogens with zero attached hydrogens (tertiary/aromatic N) is 1. The number of nitrogens with two attached hydrogens (primary N) is 1. The largest absolute Gasteiger partial charge is 0.370 e. The normalized spacial score (nSPS) is 26.1. The van der Waals surface area contributed by atoms with Crippen molar-refractivity contribution in [3.63, 3.8) is 0 Å². The minimum absolute atomic E-state index is 0.169. The fraction of sp³-hybridized carbons (Fsp3) is 0.833. The van der Waals surface area contributed by atoms with Gasteiger partial charge in [0.1, 0.15) is 0 Å². The molecule has 2 saturated heterocycles. The van der Waals surface area contributed by atoms with Crippen molar-refractivity contribution in [2.75, 3.05) is 26.2 Å². The van der Waals surface area contributed by atoms with Gasteiger partial charge in [-0.3, -0.25) is 9.59 Å². The van der Waals surface area contributed by atoms with Crippen molar-refractivity contribution in [1.29, 1.82) is 0 Å². The smallest absolute Gasteiger partial charge is 0.227 e. The molecule has 1 unspecified atom stereocenters. The molecule has 2 fully saturated rings. The third-order valence-electron chi connectivity index (χ3n) is 3.83. The number of nitrogens with one attached hydrogen (secondary N) is 1. The van der Waals surface area contributed by atoms with Crippen molar-refractivity contribution in [2.24, 2.45) is 17.6 Å². The highest BCUT2D eigenvalue weighted by Gasteiger charge is 2.30.